The molecule has 0 radical (unpaired) electrons. The standard InChI is InChI=1S/C15H16N4O/c1-11-14(10-18-19-11)15(20)17-9-13-6-3-2-5-12(13)7-4-8-16/h2-3,5-6,10H,8-9,16H2,1H3,(H,17,20)(H,18,19). The van der Waals surface area contributed by atoms with Crippen LogP contribution in [0.4, 0.5) is 0 Å². The van der Waals surface area contributed by atoms with Crippen molar-refractivity contribution in [3.63, 3.8) is 0 Å². The Kier molecular flexibility index (Phi) is 4.53. The fourth-order valence-corrected chi connectivity index (χ4v) is 1.79. The van der Waals surface area contributed by atoms with Gasteiger partial charge in [-0.15, -0.1) is 0 Å². The van der Waals surface area contributed by atoms with Crippen LogP contribution in [0.2, 0.25) is 0 Å². The van der Waals surface area contributed by atoms with Crippen molar-refractivity contribution >= 4 is 5.91 Å². The number of hydrogen-bond acceptors (Lipinski definition) is 3. The van der Waals surface area contributed by atoms with Crippen molar-refractivity contribution in [1.29, 1.82) is 0 Å². The van der Waals surface area contributed by atoms with E-state index in [0.29, 0.717) is 18.7 Å². The maximum atomic E-state index is 12.0. The highest BCUT2D eigenvalue weighted by Crippen LogP contribution is 2.08. The lowest BCUT2D eigenvalue weighted by Gasteiger charge is -2.06. The molecule has 1 aromatic heterocycles. The van der Waals surface area contributed by atoms with Crippen molar-refractivity contribution in [1.82, 2.24) is 15.5 Å². The van der Waals surface area contributed by atoms with Gasteiger partial charge in [-0.1, -0.05) is 30.0 Å². The van der Waals surface area contributed by atoms with Gasteiger partial charge < -0.3 is 11.1 Å². The summed E-state index contributed by atoms with van der Waals surface area (Å²) in [7, 11) is 0. The summed E-state index contributed by atoms with van der Waals surface area (Å²) in [6.07, 6.45) is 1.52. The number of hydrogen-bond donors (Lipinski definition) is 3. The molecule has 1 aromatic carbocycles. The van der Waals surface area contributed by atoms with Crippen molar-refractivity contribution in [2.24, 2.45) is 5.73 Å². The van der Waals surface area contributed by atoms with Crippen LogP contribution in [-0.4, -0.2) is 22.6 Å². The van der Waals surface area contributed by atoms with E-state index in [-0.39, 0.29) is 5.91 Å². The second-order valence-corrected chi connectivity index (χ2v) is 4.25. The first-order valence-corrected chi connectivity index (χ1v) is 6.27. The fourth-order valence-electron chi connectivity index (χ4n) is 1.79. The molecule has 0 unspecified atom stereocenters. The third-order valence-corrected chi connectivity index (χ3v) is 2.86. The number of nitrogens with one attached hydrogen (secondary N) is 2. The molecule has 20 heavy (non-hydrogen) atoms. The zero-order valence-electron chi connectivity index (χ0n) is 11.2. The van der Waals surface area contributed by atoms with Crippen molar-refractivity contribution < 1.29 is 4.79 Å². The first-order valence-electron chi connectivity index (χ1n) is 6.27. The molecule has 4 N–H and O–H groups in total. The molecule has 0 saturated heterocycles. The number of carbonyl (C=O) groups excluding carboxylic acids is 1. The van der Waals surface area contributed by atoms with E-state index in [1.54, 1.807) is 0 Å². The van der Waals surface area contributed by atoms with Crippen molar-refractivity contribution in [3.8, 4) is 11.8 Å². The normalized spacial score (nSPS) is 9.70. The first-order chi connectivity index (χ1) is 9.72. The van der Waals surface area contributed by atoms with E-state index in [2.05, 4.69) is 27.4 Å². The number of carbonyl (C=O) groups is 1. The average Bonchev–Trinajstić information content (AvgIpc) is 2.89. The molecule has 5 nitrogen and oxygen atoms in total. The van der Waals surface area contributed by atoms with Crippen molar-refractivity contribution in [2.45, 2.75) is 13.5 Å². The number of aromatic nitrogens is 2. The second kappa shape index (κ2) is 6.55. The van der Waals surface area contributed by atoms with E-state index < -0.39 is 0 Å². The maximum Gasteiger partial charge on any atom is 0.255 e. The van der Waals surface area contributed by atoms with Gasteiger partial charge in [0.1, 0.15) is 0 Å². The van der Waals surface area contributed by atoms with Crippen LogP contribution in [0.5, 0.6) is 0 Å². The largest absolute Gasteiger partial charge is 0.348 e. The predicted octanol–water partition coefficient (Wildman–Crippen LogP) is 0.958. The van der Waals surface area contributed by atoms with Gasteiger partial charge in [0.2, 0.25) is 0 Å². The Morgan fingerprint density at radius 3 is 2.95 bits per heavy atom. The highest BCUT2D eigenvalue weighted by Gasteiger charge is 2.10. The molecule has 2 rings (SSSR count). The van der Waals surface area contributed by atoms with Gasteiger partial charge in [-0.05, 0) is 18.6 Å². The number of aromatic amines is 1. The van der Waals surface area contributed by atoms with E-state index >= 15 is 0 Å². The summed E-state index contributed by atoms with van der Waals surface area (Å²) >= 11 is 0. The van der Waals surface area contributed by atoms with Crippen LogP contribution < -0.4 is 11.1 Å². The van der Waals surface area contributed by atoms with Gasteiger partial charge >= 0.3 is 0 Å². The summed E-state index contributed by atoms with van der Waals surface area (Å²) in [5, 5.41) is 9.43. The van der Waals surface area contributed by atoms with E-state index in [0.717, 1.165) is 16.8 Å². The molecule has 0 aliphatic rings. The summed E-state index contributed by atoms with van der Waals surface area (Å²) in [6.45, 7) is 2.54. The Morgan fingerprint density at radius 1 is 1.45 bits per heavy atom. The van der Waals surface area contributed by atoms with Gasteiger partial charge in [-0.25, -0.2) is 0 Å². The summed E-state index contributed by atoms with van der Waals surface area (Å²) in [6, 6.07) is 7.67. The number of nitrogens with zero attached hydrogens (tertiary/aromatic N) is 1. The Hall–Kier alpha value is -2.58. The second-order valence-electron chi connectivity index (χ2n) is 4.25. The number of amides is 1. The topological polar surface area (TPSA) is 83.8 Å². The van der Waals surface area contributed by atoms with Gasteiger partial charge in [-0.3, -0.25) is 9.89 Å². The molecule has 0 atom stereocenters. The zero-order valence-corrected chi connectivity index (χ0v) is 11.2. The molecule has 2 aromatic rings. The maximum absolute atomic E-state index is 12.0. The molecule has 0 saturated carbocycles. The summed E-state index contributed by atoms with van der Waals surface area (Å²) in [5.74, 6) is 5.66. The minimum Gasteiger partial charge on any atom is -0.348 e. The molecule has 0 spiro atoms. The zero-order chi connectivity index (χ0) is 14.4. The third-order valence-electron chi connectivity index (χ3n) is 2.86. The first kappa shape index (κ1) is 13.8. The van der Waals surface area contributed by atoms with Crippen LogP contribution in [0.25, 0.3) is 0 Å². The number of H-pyrrole nitrogens is 1. The van der Waals surface area contributed by atoms with Crippen molar-refractivity contribution in [2.75, 3.05) is 6.54 Å². The SMILES string of the molecule is Cc1[nH]ncc1C(=O)NCc1ccccc1C#CCN. The van der Waals surface area contributed by atoms with Gasteiger partial charge in [-0.2, -0.15) is 5.10 Å². The van der Waals surface area contributed by atoms with E-state index in [1.165, 1.54) is 6.20 Å². The highest BCUT2D eigenvalue weighted by molar-refractivity contribution is 5.94. The van der Waals surface area contributed by atoms with Crippen LogP contribution in [0.1, 0.15) is 27.2 Å². The van der Waals surface area contributed by atoms with Crippen molar-refractivity contribution in [3.05, 3.63) is 52.8 Å². The van der Waals surface area contributed by atoms with E-state index in [1.807, 2.05) is 31.2 Å². The Labute approximate surface area is 117 Å². The monoisotopic (exact) mass is 268 g/mol. The molecule has 5 heteroatoms. The van der Waals surface area contributed by atoms with Crippen LogP contribution in [-0.2, 0) is 6.54 Å². The lowest BCUT2D eigenvalue weighted by molar-refractivity contribution is 0.0950. The molecule has 1 heterocycles. The Balaban J connectivity index is 2.08. The minimum absolute atomic E-state index is 0.155. The average molecular weight is 268 g/mol. The number of nitrogens with two attached hydrogens (primary N) is 1. The molecular formula is C15H16N4O. The molecule has 1 amide bonds. The summed E-state index contributed by atoms with van der Waals surface area (Å²) < 4.78 is 0. The number of rotatable bonds is 3. The van der Waals surface area contributed by atoms with Gasteiger partial charge in [0, 0.05) is 17.8 Å². The molecule has 102 valence electrons. The summed E-state index contributed by atoms with van der Waals surface area (Å²) in [5.41, 5.74) is 8.51. The van der Waals surface area contributed by atoms with Gasteiger partial charge in [0.05, 0.1) is 18.3 Å². The minimum atomic E-state index is -0.155. The molecule has 0 bridgehead atoms. The summed E-state index contributed by atoms with van der Waals surface area (Å²) in [4.78, 5) is 12.0. The predicted molar refractivity (Wildman–Crippen MR) is 76.9 cm³/mol. The quantitative estimate of drug-likeness (QED) is 0.725. The van der Waals surface area contributed by atoms with Crippen LogP contribution in [0.3, 0.4) is 0 Å². The van der Waals surface area contributed by atoms with Crippen LogP contribution in [0.15, 0.2) is 30.5 Å². The highest BCUT2D eigenvalue weighted by atomic mass is 16.1. The number of aryl methyl sites for hydroxylation is 1. The fraction of sp³-hybridized carbons (Fsp3) is 0.200. The molecule has 0 aliphatic heterocycles. The third kappa shape index (κ3) is 3.25. The molecule has 0 aliphatic carbocycles. The van der Waals surface area contributed by atoms with E-state index in [9.17, 15) is 4.79 Å². The van der Waals surface area contributed by atoms with Gasteiger partial charge in [0.15, 0.2) is 0 Å². The molecular weight excluding hydrogens is 252 g/mol. The smallest absolute Gasteiger partial charge is 0.255 e. The van der Waals surface area contributed by atoms with Crippen LogP contribution >= 0.6 is 0 Å². The van der Waals surface area contributed by atoms with Gasteiger partial charge in [0.25, 0.3) is 5.91 Å². The van der Waals surface area contributed by atoms with E-state index in [4.69, 9.17) is 5.73 Å². The lowest BCUT2D eigenvalue weighted by Crippen LogP contribution is -2.23. The van der Waals surface area contributed by atoms with Crippen LogP contribution in [0, 0.1) is 18.8 Å². The lowest BCUT2D eigenvalue weighted by atomic mass is 10.1. The molecule has 0 fully saturated rings. The Bertz CT molecular complexity index is 664. The Morgan fingerprint density at radius 2 is 2.25 bits per heavy atom. The number of benzene rings is 1.